The summed E-state index contributed by atoms with van der Waals surface area (Å²) >= 11 is 3.35. The lowest BCUT2D eigenvalue weighted by atomic mass is 10.1. The summed E-state index contributed by atoms with van der Waals surface area (Å²) in [6.45, 7) is 2.55. The van der Waals surface area contributed by atoms with Crippen LogP contribution >= 0.6 is 15.9 Å². The summed E-state index contributed by atoms with van der Waals surface area (Å²) < 4.78 is 0.884. The second-order valence-corrected chi connectivity index (χ2v) is 7.57. The third-order valence-corrected chi connectivity index (χ3v) is 5.36. The average molecular weight is 444 g/mol. The van der Waals surface area contributed by atoms with Crippen molar-refractivity contribution in [1.82, 2.24) is 15.8 Å². The number of rotatable bonds is 4. The number of nitrogens with one attached hydrogen (secondary N) is 2. The first kappa shape index (κ1) is 20.1. The molecule has 0 aliphatic carbocycles. The second kappa shape index (κ2) is 9.01. The van der Waals surface area contributed by atoms with Crippen LogP contribution in [0.4, 0.5) is 0 Å². The van der Waals surface area contributed by atoms with Gasteiger partial charge in [-0.05, 0) is 61.2 Å². The molecule has 1 unspecified atom stereocenters. The normalized spacial score (nSPS) is 15.9. The van der Waals surface area contributed by atoms with E-state index in [1.807, 2.05) is 19.1 Å². The lowest BCUT2D eigenvalue weighted by Crippen LogP contribution is -2.51. The van der Waals surface area contributed by atoms with E-state index in [1.54, 1.807) is 41.3 Å². The Morgan fingerprint density at radius 1 is 1.00 bits per heavy atom. The van der Waals surface area contributed by atoms with Crippen molar-refractivity contribution in [3.8, 4) is 0 Å². The van der Waals surface area contributed by atoms with E-state index in [0.29, 0.717) is 24.1 Å². The molecule has 1 fully saturated rings. The van der Waals surface area contributed by atoms with Crippen LogP contribution in [0.15, 0.2) is 53.0 Å². The van der Waals surface area contributed by atoms with Gasteiger partial charge in [-0.15, -0.1) is 0 Å². The maximum absolute atomic E-state index is 12.7. The van der Waals surface area contributed by atoms with E-state index in [-0.39, 0.29) is 17.7 Å². The van der Waals surface area contributed by atoms with E-state index in [4.69, 9.17) is 0 Å². The first-order valence-corrected chi connectivity index (χ1v) is 10.0. The van der Waals surface area contributed by atoms with Crippen LogP contribution < -0.4 is 10.9 Å². The highest BCUT2D eigenvalue weighted by molar-refractivity contribution is 9.10. The molecule has 0 bridgehead atoms. The topological polar surface area (TPSA) is 78.5 Å². The van der Waals surface area contributed by atoms with Crippen molar-refractivity contribution in [2.24, 2.45) is 0 Å². The van der Waals surface area contributed by atoms with E-state index in [2.05, 4.69) is 26.8 Å². The van der Waals surface area contributed by atoms with E-state index in [1.165, 1.54) is 0 Å². The quantitative estimate of drug-likeness (QED) is 0.712. The first-order chi connectivity index (χ1) is 13.5. The number of hydrazine groups is 1. The van der Waals surface area contributed by atoms with Crippen molar-refractivity contribution in [3.05, 3.63) is 69.7 Å². The number of hydrogen-bond acceptors (Lipinski definition) is 3. The van der Waals surface area contributed by atoms with E-state index in [9.17, 15) is 14.4 Å². The van der Waals surface area contributed by atoms with E-state index >= 15 is 0 Å². The van der Waals surface area contributed by atoms with Crippen molar-refractivity contribution >= 4 is 33.7 Å². The van der Waals surface area contributed by atoms with Gasteiger partial charge in [-0.2, -0.15) is 0 Å². The number of amides is 3. The predicted molar refractivity (Wildman–Crippen MR) is 110 cm³/mol. The zero-order chi connectivity index (χ0) is 20.1. The minimum absolute atomic E-state index is 0.188. The zero-order valence-electron chi connectivity index (χ0n) is 15.6. The molecule has 7 heteroatoms. The standard InChI is InChI=1S/C21H22BrN3O3/c1-2-14-5-7-15(8-6-14)19(26)23-24-20(27)18-4-3-13-25(18)21(28)16-9-11-17(22)12-10-16/h5-12,18H,2-4,13H2,1H3,(H,23,26)(H,24,27). The van der Waals surface area contributed by atoms with Crippen molar-refractivity contribution in [3.63, 3.8) is 0 Å². The Bertz CT molecular complexity index is 865. The van der Waals surface area contributed by atoms with Crippen LogP contribution in [0.3, 0.4) is 0 Å². The van der Waals surface area contributed by atoms with Gasteiger partial charge in [-0.3, -0.25) is 25.2 Å². The molecule has 0 aromatic heterocycles. The number of likely N-dealkylation sites (tertiary alicyclic amines) is 1. The van der Waals surface area contributed by atoms with Gasteiger partial charge in [-0.1, -0.05) is 35.0 Å². The Morgan fingerprint density at radius 3 is 2.29 bits per heavy atom. The second-order valence-electron chi connectivity index (χ2n) is 6.66. The smallest absolute Gasteiger partial charge is 0.269 e. The molecule has 146 valence electrons. The minimum Gasteiger partial charge on any atom is -0.327 e. The van der Waals surface area contributed by atoms with Crippen molar-refractivity contribution in [1.29, 1.82) is 0 Å². The van der Waals surface area contributed by atoms with Crippen LogP contribution in [-0.4, -0.2) is 35.2 Å². The summed E-state index contributed by atoms with van der Waals surface area (Å²) in [6, 6.07) is 13.6. The molecule has 28 heavy (non-hydrogen) atoms. The van der Waals surface area contributed by atoms with Crippen LogP contribution in [0.2, 0.25) is 0 Å². The molecule has 3 amide bonds. The van der Waals surface area contributed by atoms with Gasteiger partial charge in [0, 0.05) is 22.1 Å². The maximum atomic E-state index is 12.7. The fraction of sp³-hybridized carbons (Fsp3) is 0.286. The lowest BCUT2D eigenvalue weighted by Gasteiger charge is -2.24. The number of aryl methyl sites for hydroxylation is 1. The number of nitrogens with zero attached hydrogens (tertiary/aromatic N) is 1. The Kier molecular flexibility index (Phi) is 6.46. The van der Waals surface area contributed by atoms with Crippen molar-refractivity contribution in [2.45, 2.75) is 32.2 Å². The van der Waals surface area contributed by atoms with Gasteiger partial charge >= 0.3 is 0 Å². The summed E-state index contributed by atoms with van der Waals surface area (Å²) in [5.74, 6) is -0.965. The van der Waals surface area contributed by atoms with Gasteiger partial charge in [0.1, 0.15) is 6.04 Å². The van der Waals surface area contributed by atoms with Crippen molar-refractivity contribution < 1.29 is 14.4 Å². The highest BCUT2D eigenvalue weighted by Crippen LogP contribution is 2.21. The fourth-order valence-electron chi connectivity index (χ4n) is 3.21. The van der Waals surface area contributed by atoms with E-state index in [0.717, 1.165) is 22.9 Å². The number of hydrogen-bond donors (Lipinski definition) is 2. The van der Waals surface area contributed by atoms with Crippen LogP contribution in [-0.2, 0) is 11.2 Å². The monoisotopic (exact) mass is 443 g/mol. The first-order valence-electron chi connectivity index (χ1n) is 9.25. The van der Waals surface area contributed by atoms with Crippen LogP contribution in [0.5, 0.6) is 0 Å². The number of carbonyl (C=O) groups is 3. The molecular weight excluding hydrogens is 422 g/mol. The molecule has 2 aromatic carbocycles. The lowest BCUT2D eigenvalue weighted by molar-refractivity contribution is -0.125. The predicted octanol–water partition coefficient (Wildman–Crippen LogP) is 3.08. The molecule has 2 N–H and O–H groups in total. The summed E-state index contributed by atoms with van der Waals surface area (Å²) in [5.41, 5.74) is 7.02. The zero-order valence-corrected chi connectivity index (χ0v) is 17.2. The molecule has 0 saturated carbocycles. The van der Waals surface area contributed by atoms with Crippen LogP contribution in [0.1, 0.15) is 46.0 Å². The molecular formula is C21H22BrN3O3. The molecule has 1 aliphatic rings. The van der Waals surface area contributed by atoms with Gasteiger partial charge in [0.05, 0.1) is 0 Å². The minimum atomic E-state index is -0.598. The summed E-state index contributed by atoms with van der Waals surface area (Å²) in [4.78, 5) is 39.1. The van der Waals surface area contributed by atoms with Gasteiger partial charge in [-0.25, -0.2) is 0 Å². The number of halogens is 1. The molecule has 1 atom stereocenters. The Balaban J connectivity index is 1.60. The van der Waals surface area contributed by atoms with Gasteiger partial charge in [0.15, 0.2) is 0 Å². The summed E-state index contributed by atoms with van der Waals surface area (Å²) in [5, 5.41) is 0. The van der Waals surface area contributed by atoms with Gasteiger partial charge in [0.25, 0.3) is 17.7 Å². The highest BCUT2D eigenvalue weighted by Gasteiger charge is 2.34. The average Bonchev–Trinajstić information content (AvgIpc) is 3.22. The summed E-state index contributed by atoms with van der Waals surface area (Å²) in [6.07, 6.45) is 2.20. The molecule has 1 saturated heterocycles. The van der Waals surface area contributed by atoms with Crippen molar-refractivity contribution in [2.75, 3.05) is 6.54 Å². The number of carbonyl (C=O) groups excluding carboxylic acids is 3. The Morgan fingerprint density at radius 2 is 1.64 bits per heavy atom. The maximum Gasteiger partial charge on any atom is 0.269 e. The third-order valence-electron chi connectivity index (χ3n) is 4.83. The van der Waals surface area contributed by atoms with Crippen LogP contribution in [0.25, 0.3) is 0 Å². The molecule has 0 radical (unpaired) electrons. The number of benzene rings is 2. The summed E-state index contributed by atoms with van der Waals surface area (Å²) in [7, 11) is 0. The Hall–Kier alpha value is -2.67. The molecule has 2 aromatic rings. The molecule has 1 heterocycles. The fourth-order valence-corrected chi connectivity index (χ4v) is 3.47. The molecule has 1 aliphatic heterocycles. The van der Waals surface area contributed by atoms with Gasteiger partial charge < -0.3 is 4.90 Å². The third kappa shape index (κ3) is 4.59. The highest BCUT2D eigenvalue weighted by atomic mass is 79.9. The molecule has 3 rings (SSSR count). The SMILES string of the molecule is CCc1ccc(C(=O)NNC(=O)C2CCCN2C(=O)c2ccc(Br)cc2)cc1. The molecule has 0 spiro atoms. The largest absolute Gasteiger partial charge is 0.327 e. The van der Waals surface area contributed by atoms with Crippen LogP contribution in [0, 0.1) is 0 Å². The molecule has 6 nitrogen and oxygen atoms in total. The Labute approximate surface area is 172 Å². The van der Waals surface area contributed by atoms with Gasteiger partial charge in [0.2, 0.25) is 0 Å². The van der Waals surface area contributed by atoms with E-state index < -0.39 is 6.04 Å².